The summed E-state index contributed by atoms with van der Waals surface area (Å²) in [7, 11) is 2.63. The third-order valence-electron chi connectivity index (χ3n) is 3.66. The predicted octanol–water partition coefficient (Wildman–Crippen LogP) is 4.21. The summed E-state index contributed by atoms with van der Waals surface area (Å²) in [5.41, 5.74) is 3.49. The van der Waals surface area contributed by atoms with Gasteiger partial charge in [0.2, 0.25) is 0 Å². The Labute approximate surface area is 141 Å². The Balaban J connectivity index is 2.82. The molecular formula is C20H18O4. The van der Waals surface area contributed by atoms with Crippen LogP contribution < -0.4 is 0 Å². The van der Waals surface area contributed by atoms with E-state index in [1.165, 1.54) is 14.2 Å². The molecule has 0 amide bonds. The van der Waals surface area contributed by atoms with Crippen molar-refractivity contribution in [3.05, 3.63) is 71.8 Å². The van der Waals surface area contributed by atoms with Crippen LogP contribution in [-0.4, -0.2) is 26.2 Å². The molecule has 0 bridgehead atoms. The number of rotatable bonds is 5. The first kappa shape index (κ1) is 17.2. The number of hydrogen-bond acceptors (Lipinski definition) is 4. The van der Waals surface area contributed by atoms with Crippen LogP contribution in [-0.2, 0) is 9.47 Å². The third-order valence-corrected chi connectivity index (χ3v) is 3.66. The molecule has 0 atom stereocenters. The van der Waals surface area contributed by atoms with Gasteiger partial charge in [0.05, 0.1) is 25.3 Å². The van der Waals surface area contributed by atoms with Crippen molar-refractivity contribution in [3.63, 3.8) is 0 Å². The Bertz CT molecular complexity index is 749. The van der Waals surface area contributed by atoms with Crippen LogP contribution in [0.25, 0.3) is 23.3 Å². The minimum atomic E-state index is -0.486. The lowest BCUT2D eigenvalue weighted by Gasteiger charge is -2.14. The molecule has 0 spiro atoms. The lowest BCUT2D eigenvalue weighted by atomic mass is 9.92. The highest BCUT2D eigenvalue weighted by molar-refractivity contribution is 6.03. The molecule has 2 rings (SSSR count). The molecule has 0 aliphatic carbocycles. The highest BCUT2D eigenvalue weighted by Gasteiger charge is 2.20. The third kappa shape index (κ3) is 3.27. The molecule has 0 radical (unpaired) electrons. The Hall–Kier alpha value is -3.14. The molecule has 122 valence electrons. The largest absolute Gasteiger partial charge is 0.465 e. The normalized spacial score (nSPS) is 9.92. The van der Waals surface area contributed by atoms with E-state index in [0.29, 0.717) is 22.3 Å². The van der Waals surface area contributed by atoms with Crippen molar-refractivity contribution < 1.29 is 19.1 Å². The molecule has 4 heteroatoms. The second kappa shape index (κ2) is 7.42. The highest BCUT2D eigenvalue weighted by atomic mass is 16.5. The standard InChI is InChI=1S/C20H18O4/c1-5-13-7-9-15(19(21)23-3)17(11-13)18-12-14(6-2)8-10-16(18)20(22)24-4/h5-12H,1-2H2,3-4H3. The van der Waals surface area contributed by atoms with Gasteiger partial charge in [0.15, 0.2) is 0 Å². The maximum Gasteiger partial charge on any atom is 0.338 e. The summed E-state index contributed by atoms with van der Waals surface area (Å²) in [5.74, 6) is -0.971. The van der Waals surface area contributed by atoms with Gasteiger partial charge in [-0.15, -0.1) is 0 Å². The number of hydrogen-bond donors (Lipinski definition) is 0. The van der Waals surface area contributed by atoms with E-state index in [-0.39, 0.29) is 0 Å². The fourth-order valence-corrected chi connectivity index (χ4v) is 2.40. The monoisotopic (exact) mass is 322 g/mol. The van der Waals surface area contributed by atoms with E-state index < -0.39 is 11.9 Å². The van der Waals surface area contributed by atoms with Crippen molar-refractivity contribution in [1.82, 2.24) is 0 Å². The number of methoxy groups -OCH3 is 2. The molecule has 4 nitrogen and oxygen atoms in total. The summed E-state index contributed by atoms with van der Waals surface area (Å²) < 4.78 is 9.71. The first-order chi connectivity index (χ1) is 11.5. The van der Waals surface area contributed by atoms with Crippen LogP contribution in [0.15, 0.2) is 49.6 Å². The smallest absolute Gasteiger partial charge is 0.338 e. The Morgan fingerprint density at radius 2 is 1.17 bits per heavy atom. The first-order valence-electron chi connectivity index (χ1n) is 7.25. The van der Waals surface area contributed by atoms with Crippen LogP contribution in [0, 0.1) is 0 Å². The molecular weight excluding hydrogens is 304 g/mol. The molecule has 0 N–H and O–H groups in total. The van der Waals surface area contributed by atoms with Gasteiger partial charge in [-0.3, -0.25) is 0 Å². The van der Waals surface area contributed by atoms with E-state index in [4.69, 9.17) is 9.47 Å². The molecule has 0 saturated heterocycles. The molecule has 24 heavy (non-hydrogen) atoms. The van der Waals surface area contributed by atoms with Gasteiger partial charge in [-0.1, -0.05) is 37.4 Å². The summed E-state index contributed by atoms with van der Waals surface area (Å²) in [5, 5.41) is 0. The van der Waals surface area contributed by atoms with Crippen LogP contribution in [0.1, 0.15) is 31.8 Å². The Morgan fingerprint density at radius 3 is 1.46 bits per heavy atom. The fraction of sp³-hybridized carbons (Fsp3) is 0.100. The van der Waals surface area contributed by atoms with Crippen LogP contribution in [0.3, 0.4) is 0 Å². The quantitative estimate of drug-likeness (QED) is 0.774. The molecule has 0 aliphatic heterocycles. The van der Waals surface area contributed by atoms with Crippen LogP contribution in [0.5, 0.6) is 0 Å². The first-order valence-corrected chi connectivity index (χ1v) is 7.25. The molecule has 2 aromatic rings. The van der Waals surface area contributed by atoms with Gasteiger partial charge in [-0.25, -0.2) is 9.59 Å². The van der Waals surface area contributed by atoms with Crippen molar-refractivity contribution in [2.75, 3.05) is 14.2 Å². The van der Waals surface area contributed by atoms with Gasteiger partial charge in [-0.2, -0.15) is 0 Å². The molecule has 0 unspecified atom stereocenters. The fourth-order valence-electron chi connectivity index (χ4n) is 2.40. The molecule has 0 aromatic heterocycles. The number of benzene rings is 2. The second-order valence-corrected chi connectivity index (χ2v) is 5.00. The van der Waals surface area contributed by atoms with Gasteiger partial charge in [0.25, 0.3) is 0 Å². The SMILES string of the molecule is C=Cc1ccc(C(=O)OC)c(-c2cc(C=C)ccc2C(=O)OC)c1. The Kier molecular flexibility index (Phi) is 5.32. The summed E-state index contributed by atoms with van der Waals surface area (Å²) in [6.45, 7) is 7.49. The van der Waals surface area contributed by atoms with Crippen molar-refractivity contribution in [2.24, 2.45) is 0 Å². The zero-order valence-corrected chi connectivity index (χ0v) is 13.7. The minimum absolute atomic E-state index is 0.356. The van der Waals surface area contributed by atoms with Crippen molar-refractivity contribution in [1.29, 1.82) is 0 Å². The summed E-state index contributed by atoms with van der Waals surface area (Å²) >= 11 is 0. The van der Waals surface area contributed by atoms with Crippen molar-refractivity contribution in [3.8, 4) is 11.1 Å². The topological polar surface area (TPSA) is 52.6 Å². The summed E-state index contributed by atoms with van der Waals surface area (Å²) in [6, 6.07) is 10.4. The van der Waals surface area contributed by atoms with E-state index in [2.05, 4.69) is 13.2 Å². The predicted molar refractivity (Wildman–Crippen MR) is 94.7 cm³/mol. The molecule has 0 fully saturated rings. The number of carbonyl (C=O) groups is 2. The maximum atomic E-state index is 12.1. The van der Waals surface area contributed by atoms with E-state index in [0.717, 1.165) is 11.1 Å². The van der Waals surface area contributed by atoms with Crippen LogP contribution >= 0.6 is 0 Å². The number of ether oxygens (including phenoxy) is 2. The van der Waals surface area contributed by atoms with E-state index in [9.17, 15) is 9.59 Å². The zero-order chi connectivity index (χ0) is 17.7. The number of esters is 2. The lowest BCUT2D eigenvalue weighted by molar-refractivity contribution is 0.0590. The van der Waals surface area contributed by atoms with Crippen molar-refractivity contribution >= 4 is 24.1 Å². The van der Waals surface area contributed by atoms with Gasteiger partial charge in [-0.05, 0) is 46.5 Å². The van der Waals surface area contributed by atoms with E-state index in [1.54, 1.807) is 48.6 Å². The average molecular weight is 322 g/mol. The highest BCUT2D eigenvalue weighted by Crippen LogP contribution is 2.31. The van der Waals surface area contributed by atoms with Gasteiger partial charge in [0.1, 0.15) is 0 Å². The maximum absolute atomic E-state index is 12.1. The average Bonchev–Trinajstić information content (AvgIpc) is 2.65. The van der Waals surface area contributed by atoms with Gasteiger partial charge < -0.3 is 9.47 Å². The van der Waals surface area contributed by atoms with Crippen LogP contribution in [0.2, 0.25) is 0 Å². The minimum Gasteiger partial charge on any atom is -0.465 e. The van der Waals surface area contributed by atoms with Gasteiger partial charge in [0, 0.05) is 0 Å². The molecule has 0 aliphatic rings. The molecule has 0 saturated carbocycles. The Morgan fingerprint density at radius 1 is 0.792 bits per heavy atom. The second-order valence-electron chi connectivity index (χ2n) is 5.00. The van der Waals surface area contributed by atoms with E-state index >= 15 is 0 Å². The molecule has 2 aromatic carbocycles. The number of carbonyl (C=O) groups excluding carboxylic acids is 2. The van der Waals surface area contributed by atoms with Gasteiger partial charge >= 0.3 is 11.9 Å². The lowest BCUT2D eigenvalue weighted by Crippen LogP contribution is -2.08. The zero-order valence-electron chi connectivity index (χ0n) is 13.7. The van der Waals surface area contributed by atoms with Crippen molar-refractivity contribution in [2.45, 2.75) is 0 Å². The van der Waals surface area contributed by atoms with Crippen LogP contribution in [0.4, 0.5) is 0 Å². The summed E-state index contributed by atoms with van der Waals surface area (Å²) in [6.07, 6.45) is 3.33. The van der Waals surface area contributed by atoms with E-state index in [1.807, 2.05) is 0 Å². The summed E-state index contributed by atoms with van der Waals surface area (Å²) in [4.78, 5) is 24.3. The molecule has 0 heterocycles.